The second kappa shape index (κ2) is 8.82. The normalized spacial score (nSPS) is 23.5. The summed E-state index contributed by atoms with van der Waals surface area (Å²) in [7, 11) is 0. The second-order valence-electron chi connectivity index (χ2n) is 9.44. The summed E-state index contributed by atoms with van der Waals surface area (Å²) in [6.45, 7) is 5.70. The minimum Gasteiger partial charge on any atom is -0.485 e. The molecule has 4 aliphatic rings. The number of hydrogen-bond acceptors (Lipinski definition) is 7. The highest BCUT2D eigenvalue weighted by Crippen LogP contribution is 2.31. The number of benzene rings is 1. The summed E-state index contributed by atoms with van der Waals surface area (Å²) in [6.07, 6.45) is 6.97. The number of hydrogen-bond donors (Lipinski definition) is 0. The SMILES string of the molecule is O=C(C1COc2ccccc2O1)N1CCc2cnc(N3CCN(C4CCC4)CC3)nc2CC1. The number of carbonyl (C=O) groups excluding carboxylic acids is 1. The third kappa shape index (κ3) is 4.12. The number of aromatic nitrogens is 2. The van der Waals surface area contributed by atoms with Crippen molar-refractivity contribution >= 4 is 11.9 Å². The third-order valence-electron chi connectivity index (χ3n) is 7.49. The van der Waals surface area contributed by atoms with E-state index in [0.717, 1.165) is 62.3 Å². The standard InChI is InChI=1S/C25H31N5O3/c31-24(23-17-32-21-6-1-2-7-22(21)33-23)29-10-8-18-16-26-25(27-20(18)9-11-29)30-14-12-28(13-15-30)19-4-3-5-19/h1-2,6-7,16,19,23H,3-5,8-15,17H2. The molecule has 0 bridgehead atoms. The van der Waals surface area contributed by atoms with E-state index >= 15 is 0 Å². The van der Waals surface area contributed by atoms with Gasteiger partial charge in [-0.3, -0.25) is 9.69 Å². The molecule has 1 aromatic heterocycles. The first-order chi connectivity index (χ1) is 16.2. The number of fused-ring (bicyclic) bond motifs is 2. The van der Waals surface area contributed by atoms with Crippen LogP contribution in [-0.2, 0) is 17.6 Å². The lowest BCUT2D eigenvalue weighted by Gasteiger charge is -2.43. The fourth-order valence-corrected chi connectivity index (χ4v) is 5.22. The van der Waals surface area contributed by atoms with Gasteiger partial charge in [-0.15, -0.1) is 0 Å². The van der Waals surface area contributed by atoms with Crippen molar-refractivity contribution in [1.82, 2.24) is 19.8 Å². The number of nitrogens with zero attached hydrogens (tertiary/aromatic N) is 5. The minimum atomic E-state index is -0.602. The molecule has 1 aliphatic carbocycles. The van der Waals surface area contributed by atoms with Gasteiger partial charge in [0.1, 0.15) is 6.61 Å². The Balaban J connectivity index is 1.08. The van der Waals surface area contributed by atoms with Crippen LogP contribution in [-0.4, -0.2) is 83.7 Å². The summed E-state index contributed by atoms with van der Waals surface area (Å²) in [4.78, 5) is 29.6. The van der Waals surface area contributed by atoms with Crippen LogP contribution in [0.4, 0.5) is 5.95 Å². The van der Waals surface area contributed by atoms with Crippen molar-refractivity contribution in [2.24, 2.45) is 0 Å². The maximum Gasteiger partial charge on any atom is 0.267 e. The molecule has 8 nitrogen and oxygen atoms in total. The van der Waals surface area contributed by atoms with Gasteiger partial charge in [-0.2, -0.15) is 0 Å². The molecule has 2 aromatic rings. The van der Waals surface area contributed by atoms with Crippen LogP contribution in [0.5, 0.6) is 11.5 Å². The molecular formula is C25H31N5O3. The number of amides is 1. The van der Waals surface area contributed by atoms with Gasteiger partial charge in [-0.25, -0.2) is 9.97 Å². The highest BCUT2D eigenvalue weighted by Gasteiger charge is 2.33. The Morgan fingerprint density at radius 1 is 0.970 bits per heavy atom. The summed E-state index contributed by atoms with van der Waals surface area (Å²) in [5.74, 6) is 2.15. The van der Waals surface area contributed by atoms with Gasteiger partial charge >= 0.3 is 0 Å². The monoisotopic (exact) mass is 449 g/mol. The topological polar surface area (TPSA) is 71.0 Å². The minimum absolute atomic E-state index is 0.0161. The lowest BCUT2D eigenvalue weighted by molar-refractivity contribution is -0.141. The smallest absolute Gasteiger partial charge is 0.267 e. The lowest BCUT2D eigenvalue weighted by atomic mass is 9.91. The van der Waals surface area contributed by atoms with E-state index in [1.54, 1.807) is 0 Å². The summed E-state index contributed by atoms with van der Waals surface area (Å²) in [5, 5.41) is 0. The Morgan fingerprint density at radius 3 is 2.55 bits per heavy atom. The summed E-state index contributed by atoms with van der Waals surface area (Å²) >= 11 is 0. The van der Waals surface area contributed by atoms with Gasteiger partial charge in [0, 0.05) is 57.9 Å². The Hall–Kier alpha value is -2.87. The van der Waals surface area contributed by atoms with Gasteiger partial charge in [0.15, 0.2) is 11.5 Å². The maximum atomic E-state index is 13.2. The molecule has 8 heteroatoms. The van der Waals surface area contributed by atoms with Gasteiger partial charge in [0.2, 0.25) is 12.1 Å². The van der Waals surface area contributed by atoms with Crippen LogP contribution in [0.1, 0.15) is 30.5 Å². The molecule has 4 heterocycles. The van der Waals surface area contributed by atoms with Crippen molar-refractivity contribution in [2.45, 2.75) is 44.2 Å². The van der Waals surface area contributed by atoms with Crippen LogP contribution in [0.2, 0.25) is 0 Å². The van der Waals surface area contributed by atoms with E-state index < -0.39 is 6.10 Å². The molecule has 1 aromatic carbocycles. The molecule has 1 atom stereocenters. The van der Waals surface area contributed by atoms with Crippen LogP contribution in [0.3, 0.4) is 0 Å². The number of anilines is 1. The van der Waals surface area contributed by atoms with Gasteiger partial charge in [-0.1, -0.05) is 18.6 Å². The van der Waals surface area contributed by atoms with E-state index in [4.69, 9.17) is 19.4 Å². The molecule has 33 heavy (non-hydrogen) atoms. The molecule has 1 amide bonds. The van der Waals surface area contributed by atoms with Crippen LogP contribution >= 0.6 is 0 Å². The van der Waals surface area contributed by atoms with Crippen LogP contribution < -0.4 is 14.4 Å². The zero-order valence-corrected chi connectivity index (χ0v) is 19.0. The average Bonchev–Trinajstić information content (AvgIpc) is 3.05. The zero-order chi connectivity index (χ0) is 22.2. The largest absolute Gasteiger partial charge is 0.485 e. The summed E-state index contributed by atoms with van der Waals surface area (Å²) in [6, 6.07) is 8.30. The number of rotatable bonds is 3. The predicted molar refractivity (Wildman–Crippen MR) is 124 cm³/mol. The van der Waals surface area contributed by atoms with Gasteiger partial charge in [0.05, 0.1) is 5.69 Å². The van der Waals surface area contributed by atoms with E-state index in [9.17, 15) is 4.79 Å². The predicted octanol–water partition coefficient (Wildman–Crippen LogP) is 1.92. The molecule has 0 spiro atoms. The van der Waals surface area contributed by atoms with E-state index in [-0.39, 0.29) is 12.5 Å². The number of carbonyl (C=O) groups is 1. The van der Waals surface area contributed by atoms with E-state index in [0.29, 0.717) is 24.6 Å². The summed E-state index contributed by atoms with van der Waals surface area (Å²) < 4.78 is 11.7. The quantitative estimate of drug-likeness (QED) is 0.709. The van der Waals surface area contributed by atoms with Gasteiger partial charge in [0.25, 0.3) is 5.91 Å². The number of para-hydroxylation sites is 2. The first-order valence-corrected chi connectivity index (χ1v) is 12.3. The Labute approximate surface area is 194 Å². The molecule has 1 saturated heterocycles. The molecule has 174 valence electrons. The fraction of sp³-hybridized carbons (Fsp3) is 0.560. The van der Waals surface area contributed by atoms with E-state index in [1.807, 2.05) is 35.4 Å². The van der Waals surface area contributed by atoms with Crippen molar-refractivity contribution in [3.8, 4) is 11.5 Å². The number of piperazine rings is 1. The van der Waals surface area contributed by atoms with Crippen molar-refractivity contribution in [3.05, 3.63) is 41.7 Å². The van der Waals surface area contributed by atoms with E-state index in [1.165, 1.54) is 19.3 Å². The molecule has 3 aliphatic heterocycles. The first kappa shape index (κ1) is 20.7. The molecule has 0 radical (unpaired) electrons. The molecule has 0 N–H and O–H groups in total. The highest BCUT2D eigenvalue weighted by molar-refractivity contribution is 5.82. The van der Waals surface area contributed by atoms with E-state index in [2.05, 4.69) is 9.80 Å². The number of ether oxygens (including phenoxy) is 2. The van der Waals surface area contributed by atoms with Crippen LogP contribution in [0.25, 0.3) is 0 Å². The molecule has 1 unspecified atom stereocenters. The average molecular weight is 450 g/mol. The molecule has 1 saturated carbocycles. The Kier molecular flexibility index (Phi) is 5.54. The van der Waals surface area contributed by atoms with Crippen LogP contribution in [0, 0.1) is 0 Å². The molecule has 6 rings (SSSR count). The lowest BCUT2D eigenvalue weighted by Crippen LogP contribution is -2.52. The summed E-state index contributed by atoms with van der Waals surface area (Å²) in [5.41, 5.74) is 2.22. The highest BCUT2D eigenvalue weighted by atomic mass is 16.6. The van der Waals surface area contributed by atoms with Gasteiger partial charge in [-0.05, 0) is 37.0 Å². The van der Waals surface area contributed by atoms with Crippen molar-refractivity contribution in [1.29, 1.82) is 0 Å². The molecule has 2 fully saturated rings. The Morgan fingerprint density at radius 2 is 1.76 bits per heavy atom. The molecular weight excluding hydrogens is 418 g/mol. The van der Waals surface area contributed by atoms with Crippen molar-refractivity contribution in [2.75, 3.05) is 50.8 Å². The second-order valence-corrected chi connectivity index (χ2v) is 9.44. The van der Waals surface area contributed by atoms with Crippen LogP contribution in [0.15, 0.2) is 30.5 Å². The van der Waals surface area contributed by atoms with Gasteiger partial charge < -0.3 is 19.3 Å². The van der Waals surface area contributed by atoms with Crippen molar-refractivity contribution in [3.63, 3.8) is 0 Å². The van der Waals surface area contributed by atoms with Crippen molar-refractivity contribution < 1.29 is 14.3 Å². The Bertz CT molecular complexity index is 1020. The third-order valence-corrected chi connectivity index (χ3v) is 7.49. The fourth-order valence-electron chi connectivity index (χ4n) is 5.22. The maximum absolute atomic E-state index is 13.2. The zero-order valence-electron chi connectivity index (χ0n) is 19.0. The first-order valence-electron chi connectivity index (χ1n) is 12.3.